The van der Waals surface area contributed by atoms with Gasteiger partial charge in [0.25, 0.3) is 0 Å². The molecule has 0 aliphatic heterocycles. The molecule has 15 heavy (non-hydrogen) atoms. The molecular weight excluding hydrogens is 207 g/mol. The van der Waals surface area contributed by atoms with Gasteiger partial charge in [0.1, 0.15) is 0 Å². The van der Waals surface area contributed by atoms with Gasteiger partial charge < -0.3 is 10.4 Å². The molecule has 0 aromatic heterocycles. The standard InChI is InChI=1S/C10H18F3NO/c1-7(6-15)14-9-4-2-3-8(5-9)10(11,12)13/h7-9,14-15H,2-6H2,1H3. The Balaban J connectivity index is 2.42. The normalized spacial score (nSPS) is 30.2. The maximum absolute atomic E-state index is 12.5. The van der Waals surface area contributed by atoms with Gasteiger partial charge in [0.2, 0.25) is 0 Å². The summed E-state index contributed by atoms with van der Waals surface area (Å²) in [5, 5.41) is 11.8. The Hall–Kier alpha value is -0.290. The van der Waals surface area contributed by atoms with Crippen LogP contribution >= 0.6 is 0 Å². The molecule has 90 valence electrons. The highest BCUT2D eigenvalue weighted by Gasteiger charge is 2.42. The van der Waals surface area contributed by atoms with Gasteiger partial charge in [0.05, 0.1) is 12.5 Å². The molecule has 0 radical (unpaired) electrons. The van der Waals surface area contributed by atoms with Gasteiger partial charge in [0.15, 0.2) is 0 Å². The van der Waals surface area contributed by atoms with E-state index in [1.54, 1.807) is 6.92 Å². The van der Waals surface area contributed by atoms with Crippen LogP contribution in [0.3, 0.4) is 0 Å². The molecule has 1 aliphatic carbocycles. The highest BCUT2D eigenvalue weighted by atomic mass is 19.4. The van der Waals surface area contributed by atoms with Crippen LogP contribution in [0.2, 0.25) is 0 Å². The van der Waals surface area contributed by atoms with E-state index in [9.17, 15) is 13.2 Å². The zero-order chi connectivity index (χ0) is 11.5. The third kappa shape index (κ3) is 3.99. The Morgan fingerprint density at radius 3 is 2.60 bits per heavy atom. The predicted molar refractivity (Wildman–Crippen MR) is 51.5 cm³/mol. The summed E-state index contributed by atoms with van der Waals surface area (Å²) in [6.45, 7) is 1.74. The minimum Gasteiger partial charge on any atom is -0.395 e. The lowest BCUT2D eigenvalue weighted by Gasteiger charge is -2.32. The molecule has 0 spiro atoms. The molecule has 0 aromatic rings. The number of hydrogen-bond acceptors (Lipinski definition) is 2. The lowest BCUT2D eigenvalue weighted by Crippen LogP contribution is -2.43. The maximum atomic E-state index is 12.5. The summed E-state index contributed by atoms with van der Waals surface area (Å²) >= 11 is 0. The van der Waals surface area contributed by atoms with Crippen LogP contribution in [0.4, 0.5) is 13.2 Å². The Morgan fingerprint density at radius 1 is 1.40 bits per heavy atom. The van der Waals surface area contributed by atoms with Crippen LogP contribution in [0, 0.1) is 5.92 Å². The SMILES string of the molecule is CC(CO)NC1CCCC(C(F)(F)F)C1. The molecule has 2 N–H and O–H groups in total. The van der Waals surface area contributed by atoms with Crippen molar-refractivity contribution < 1.29 is 18.3 Å². The van der Waals surface area contributed by atoms with E-state index in [-0.39, 0.29) is 31.5 Å². The molecule has 1 rings (SSSR count). The molecule has 0 aromatic carbocycles. The van der Waals surface area contributed by atoms with Gasteiger partial charge >= 0.3 is 6.18 Å². The summed E-state index contributed by atoms with van der Waals surface area (Å²) in [5.74, 6) is -1.17. The number of nitrogens with one attached hydrogen (secondary N) is 1. The molecule has 0 saturated heterocycles. The quantitative estimate of drug-likeness (QED) is 0.770. The third-order valence-corrected chi connectivity index (χ3v) is 2.93. The first kappa shape index (κ1) is 12.8. The van der Waals surface area contributed by atoms with Crippen LogP contribution in [0.15, 0.2) is 0 Å². The minimum absolute atomic E-state index is 0.0345. The fraction of sp³-hybridized carbons (Fsp3) is 1.00. The van der Waals surface area contributed by atoms with E-state index in [2.05, 4.69) is 5.32 Å². The first-order valence-electron chi connectivity index (χ1n) is 5.37. The average molecular weight is 225 g/mol. The zero-order valence-corrected chi connectivity index (χ0v) is 8.85. The summed E-state index contributed by atoms with van der Waals surface area (Å²) in [7, 11) is 0. The van der Waals surface area contributed by atoms with E-state index >= 15 is 0 Å². The first-order chi connectivity index (χ1) is 6.93. The molecule has 1 saturated carbocycles. The molecular formula is C10H18F3NO. The lowest BCUT2D eigenvalue weighted by atomic mass is 9.85. The topological polar surface area (TPSA) is 32.3 Å². The largest absolute Gasteiger partial charge is 0.395 e. The smallest absolute Gasteiger partial charge is 0.391 e. The molecule has 1 aliphatic rings. The molecule has 1 fully saturated rings. The van der Waals surface area contributed by atoms with Gasteiger partial charge in [-0.25, -0.2) is 0 Å². The van der Waals surface area contributed by atoms with Crippen LogP contribution in [0.1, 0.15) is 32.6 Å². The average Bonchev–Trinajstić information content (AvgIpc) is 2.17. The van der Waals surface area contributed by atoms with Crippen molar-refractivity contribution in [3.63, 3.8) is 0 Å². The van der Waals surface area contributed by atoms with Gasteiger partial charge in [0, 0.05) is 12.1 Å². The van der Waals surface area contributed by atoms with Gasteiger partial charge in [-0.1, -0.05) is 6.42 Å². The number of hydrogen-bond donors (Lipinski definition) is 2. The van der Waals surface area contributed by atoms with Crippen LogP contribution in [0.5, 0.6) is 0 Å². The second-order valence-electron chi connectivity index (χ2n) is 4.35. The van der Waals surface area contributed by atoms with Crippen molar-refractivity contribution in [2.45, 2.75) is 50.9 Å². The second kappa shape index (κ2) is 5.16. The second-order valence-corrected chi connectivity index (χ2v) is 4.35. The van der Waals surface area contributed by atoms with Crippen molar-refractivity contribution in [1.29, 1.82) is 0 Å². The van der Waals surface area contributed by atoms with Crippen LogP contribution in [0.25, 0.3) is 0 Å². The van der Waals surface area contributed by atoms with E-state index in [1.165, 1.54) is 0 Å². The molecule has 0 heterocycles. The third-order valence-electron chi connectivity index (χ3n) is 2.93. The van der Waals surface area contributed by atoms with E-state index < -0.39 is 12.1 Å². The highest BCUT2D eigenvalue weighted by molar-refractivity contribution is 4.83. The molecule has 2 nitrogen and oxygen atoms in total. The summed E-state index contributed by atoms with van der Waals surface area (Å²) in [4.78, 5) is 0. The molecule has 3 unspecified atom stereocenters. The summed E-state index contributed by atoms with van der Waals surface area (Å²) in [6, 6.07) is -0.227. The number of halogens is 3. The Morgan fingerprint density at radius 2 is 2.07 bits per heavy atom. The first-order valence-corrected chi connectivity index (χ1v) is 5.37. The summed E-state index contributed by atoms with van der Waals surface area (Å²) in [6.07, 6.45) is -2.29. The van der Waals surface area contributed by atoms with E-state index in [1.807, 2.05) is 0 Å². The van der Waals surface area contributed by atoms with Gasteiger partial charge in [-0.2, -0.15) is 13.2 Å². The maximum Gasteiger partial charge on any atom is 0.391 e. The van der Waals surface area contributed by atoms with E-state index in [0.29, 0.717) is 6.42 Å². The zero-order valence-electron chi connectivity index (χ0n) is 8.85. The van der Waals surface area contributed by atoms with Crippen molar-refractivity contribution in [3.05, 3.63) is 0 Å². The highest BCUT2D eigenvalue weighted by Crippen LogP contribution is 2.37. The Bertz CT molecular complexity index is 196. The number of aliphatic hydroxyl groups excluding tert-OH is 1. The van der Waals surface area contributed by atoms with Crippen molar-refractivity contribution in [3.8, 4) is 0 Å². The Kier molecular flexibility index (Phi) is 4.40. The van der Waals surface area contributed by atoms with Crippen molar-refractivity contribution in [2.75, 3.05) is 6.61 Å². The molecule has 0 amide bonds. The predicted octanol–water partition coefficient (Wildman–Crippen LogP) is 2.08. The lowest BCUT2D eigenvalue weighted by molar-refractivity contribution is -0.183. The van der Waals surface area contributed by atoms with Gasteiger partial charge in [-0.05, 0) is 26.2 Å². The summed E-state index contributed by atoms with van der Waals surface area (Å²) in [5.41, 5.74) is 0. The van der Waals surface area contributed by atoms with E-state index in [0.717, 1.165) is 6.42 Å². The number of rotatable bonds is 3. The Labute approximate surface area is 87.9 Å². The summed E-state index contributed by atoms with van der Waals surface area (Å²) < 4.78 is 37.4. The monoisotopic (exact) mass is 225 g/mol. The molecule has 5 heteroatoms. The number of alkyl halides is 3. The fourth-order valence-corrected chi connectivity index (χ4v) is 2.09. The van der Waals surface area contributed by atoms with Crippen molar-refractivity contribution >= 4 is 0 Å². The molecule has 3 atom stereocenters. The van der Waals surface area contributed by atoms with Crippen molar-refractivity contribution in [1.82, 2.24) is 5.32 Å². The van der Waals surface area contributed by atoms with E-state index in [4.69, 9.17) is 5.11 Å². The van der Waals surface area contributed by atoms with Gasteiger partial charge in [-0.3, -0.25) is 0 Å². The van der Waals surface area contributed by atoms with Crippen LogP contribution in [-0.2, 0) is 0 Å². The van der Waals surface area contributed by atoms with Crippen molar-refractivity contribution in [2.24, 2.45) is 5.92 Å². The fourth-order valence-electron chi connectivity index (χ4n) is 2.09. The minimum atomic E-state index is -4.07. The molecule has 0 bridgehead atoms. The van der Waals surface area contributed by atoms with Gasteiger partial charge in [-0.15, -0.1) is 0 Å². The number of aliphatic hydroxyl groups is 1. The van der Waals surface area contributed by atoms with Crippen LogP contribution < -0.4 is 5.32 Å². The van der Waals surface area contributed by atoms with Crippen LogP contribution in [-0.4, -0.2) is 30.0 Å².